The van der Waals surface area contributed by atoms with Crippen LogP contribution in [0, 0.1) is 0 Å². The Labute approximate surface area is 266 Å². The van der Waals surface area contributed by atoms with Crippen molar-refractivity contribution in [1.82, 2.24) is 4.57 Å². The van der Waals surface area contributed by atoms with Crippen LogP contribution in [0.2, 0.25) is 0 Å². The lowest BCUT2D eigenvalue weighted by Gasteiger charge is -2.22. The molecule has 1 aromatic heterocycles. The molecule has 0 bridgehead atoms. The summed E-state index contributed by atoms with van der Waals surface area (Å²) >= 11 is 0. The molecule has 1 aliphatic heterocycles. The van der Waals surface area contributed by atoms with Gasteiger partial charge >= 0.3 is 0 Å². The van der Waals surface area contributed by atoms with E-state index in [9.17, 15) is 0 Å². The van der Waals surface area contributed by atoms with Crippen LogP contribution in [0.15, 0.2) is 164 Å². The fourth-order valence-electron chi connectivity index (χ4n) is 7.41. The van der Waals surface area contributed by atoms with Gasteiger partial charge in [-0.2, -0.15) is 0 Å². The first-order valence-electron chi connectivity index (χ1n) is 15.8. The fraction of sp³-hybridized carbons (Fsp3) is 0. The predicted octanol–water partition coefficient (Wildman–Crippen LogP) is 12.2. The van der Waals surface area contributed by atoms with E-state index in [1.807, 2.05) is 12.1 Å². The van der Waals surface area contributed by atoms with E-state index in [1.165, 1.54) is 76.9 Å². The average Bonchev–Trinajstić information content (AvgIpc) is 3.44. The maximum atomic E-state index is 6.33. The summed E-state index contributed by atoms with van der Waals surface area (Å²) in [5.74, 6) is 1.83. The predicted molar refractivity (Wildman–Crippen MR) is 192 cm³/mol. The van der Waals surface area contributed by atoms with Crippen LogP contribution in [0.25, 0.3) is 82.4 Å². The molecule has 0 spiro atoms. The fourth-order valence-corrected chi connectivity index (χ4v) is 7.41. The van der Waals surface area contributed by atoms with E-state index in [4.69, 9.17) is 4.74 Å². The van der Waals surface area contributed by atoms with Crippen LogP contribution in [-0.2, 0) is 0 Å². The zero-order valence-corrected chi connectivity index (χ0v) is 24.9. The van der Waals surface area contributed by atoms with Crippen molar-refractivity contribution < 1.29 is 4.74 Å². The van der Waals surface area contributed by atoms with E-state index < -0.39 is 0 Å². The molecule has 0 amide bonds. The summed E-state index contributed by atoms with van der Waals surface area (Å²) in [5.41, 5.74) is 10.8. The summed E-state index contributed by atoms with van der Waals surface area (Å²) in [6.07, 6.45) is 0. The molecule has 0 saturated heterocycles. The minimum absolute atomic E-state index is 0.914. The van der Waals surface area contributed by atoms with E-state index in [2.05, 4.69) is 156 Å². The van der Waals surface area contributed by atoms with Gasteiger partial charge in [0.15, 0.2) is 0 Å². The molecule has 0 atom stereocenters. The Kier molecular flexibility index (Phi) is 5.31. The van der Waals surface area contributed by atoms with Crippen molar-refractivity contribution in [3.05, 3.63) is 164 Å². The molecular weight excluding hydrogens is 558 g/mol. The Morgan fingerprint density at radius 1 is 0.370 bits per heavy atom. The van der Waals surface area contributed by atoms with Gasteiger partial charge in [-0.05, 0) is 92.5 Å². The second kappa shape index (κ2) is 9.69. The van der Waals surface area contributed by atoms with Gasteiger partial charge in [-0.15, -0.1) is 0 Å². The lowest BCUT2D eigenvalue weighted by Crippen LogP contribution is -1.97. The maximum absolute atomic E-state index is 6.33. The first-order valence-corrected chi connectivity index (χ1v) is 15.8. The molecule has 1 aliphatic rings. The van der Waals surface area contributed by atoms with E-state index in [0.29, 0.717) is 0 Å². The summed E-state index contributed by atoms with van der Waals surface area (Å²) in [4.78, 5) is 0. The number of fused-ring (bicyclic) bond motifs is 6. The molecular formula is C44H27NO. The van der Waals surface area contributed by atoms with Crippen LogP contribution in [0.5, 0.6) is 11.5 Å². The Morgan fingerprint density at radius 3 is 1.93 bits per heavy atom. The van der Waals surface area contributed by atoms with Gasteiger partial charge in [0.2, 0.25) is 0 Å². The van der Waals surface area contributed by atoms with Crippen LogP contribution in [-0.4, -0.2) is 4.57 Å². The summed E-state index contributed by atoms with van der Waals surface area (Å²) in [6, 6.07) is 59.1. The molecule has 0 N–H and O–H groups in total. The third-order valence-corrected chi connectivity index (χ3v) is 9.58. The van der Waals surface area contributed by atoms with E-state index >= 15 is 0 Å². The van der Waals surface area contributed by atoms with Gasteiger partial charge in [0.25, 0.3) is 0 Å². The highest BCUT2D eigenvalue weighted by Gasteiger charge is 2.21. The van der Waals surface area contributed by atoms with Crippen molar-refractivity contribution in [3.8, 4) is 50.6 Å². The Balaban J connectivity index is 1.10. The molecule has 0 aliphatic carbocycles. The molecule has 46 heavy (non-hydrogen) atoms. The first kappa shape index (κ1) is 25.2. The van der Waals surface area contributed by atoms with Crippen molar-refractivity contribution in [1.29, 1.82) is 0 Å². The van der Waals surface area contributed by atoms with Crippen LogP contribution in [0.1, 0.15) is 0 Å². The first-order chi connectivity index (χ1) is 22.8. The molecule has 214 valence electrons. The summed E-state index contributed by atoms with van der Waals surface area (Å²) < 4.78 is 8.73. The topological polar surface area (TPSA) is 14.2 Å². The SMILES string of the molecule is c1ccc(-n2c3ccc(-c4ccc(-c5ccc6c7c(cccc57)-c5ccccc5O6)cc4)cc3c3cc4ccccc4cc32)cc1. The van der Waals surface area contributed by atoms with Gasteiger partial charge in [-0.3, -0.25) is 0 Å². The van der Waals surface area contributed by atoms with Gasteiger partial charge in [-0.25, -0.2) is 0 Å². The van der Waals surface area contributed by atoms with Crippen LogP contribution >= 0.6 is 0 Å². The molecule has 2 heterocycles. The average molecular weight is 586 g/mol. The van der Waals surface area contributed by atoms with Crippen molar-refractivity contribution in [2.75, 3.05) is 0 Å². The molecule has 0 radical (unpaired) electrons. The monoisotopic (exact) mass is 585 g/mol. The number of nitrogens with zero attached hydrogens (tertiary/aromatic N) is 1. The smallest absolute Gasteiger partial charge is 0.135 e. The summed E-state index contributed by atoms with van der Waals surface area (Å²) in [6.45, 7) is 0. The van der Waals surface area contributed by atoms with E-state index in [1.54, 1.807) is 0 Å². The van der Waals surface area contributed by atoms with Gasteiger partial charge in [0.1, 0.15) is 11.5 Å². The second-order valence-corrected chi connectivity index (χ2v) is 12.1. The number of aromatic nitrogens is 1. The quantitative estimate of drug-likeness (QED) is 0.201. The van der Waals surface area contributed by atoms with Crippen molar-refractivity contribution in [3.63, 3.8) is 0 Å². The number of para-hydroxylation sites is 2. The van der Waals surface area contributed by atoms with Crippen LogP contribution in [0.3, 0.4) is 0 Å². The number of ether oxygens (including phenoxy) is 1. The lowest BCUT2D eigenvalue weighted by atomic mass is 9.90. The largest absolute Gasteiger partial charge is 0.456 e. The van der Waals surface area contributed by atoms with Gasteiger partial charge in [-0.1, -0.05) is 115 Å². The molecule has 9 aromatic rings. The van der Waals surface area contributed by atoms with Gasteiger partial charge in [0, 0.05) is 27.4 Å². The standard InChI is InChI=1S/C44H27NO/c1-2-11-33(12-3-1)45-40-23-21-32(26-38(40)39-25-30-9-4-5-10-31(30)27-41(39)45)28-17-19-29(20-18-28)34-22-24-43-44-36(34)14-8-15-37(44)35-13-6-7-16-42(35)46-43/h1-27H. The highest BCUT2D eigenvalue weighted by Crippen LogP contribution is 2.48. The maximum Gasteiger partial charge on any atom is 0.135 e. The van der Waals surface area contributed by atoms with Crippen molar-refractivity contribution in [2.45, 2.75) is 0 Å². The Morgan fingerprint density at radius 2 is 1.07 bits per heavy atom. The summed E-state index contributed by atoms with van der Waals surface area (Å²) in [7, 11) is 0. The molecule has 10 rings (SSSR count). The third-order valence-electron chi connectivity index (χ3n) is 9.58. The third kappa shape index (κ3) is 3.71. The minimum Gasteiger partial charge on any atom is -0.456 e. The zero-order valence-electron chi connectivity index (χ0n) is 24.9. The molecule has 0 unspecified atom stereocenters. The van der Waals surface area contributed by atoms with Gasteiger partial charge in [0.05, 0.1) is 11.0 Å². The molecule has 0 saturated carbocycles. The number of hydrogen-bond acceptors (Lipinski definition) is 1. The molecule has 2 heteroatoms. The normalized spacial score (nSPS) is 12.1. The van der Waals surface area contributed by atoms with Gasteiger partial charge < -0.3 is 9.30 Å². The van der Waals surface area contributed by atoms with E-state index in [-0.39, 0.29) is 0 Å². The zero-order chi connectivity index (χ0) is 30.2. The lowest BCUT2D eigenvalue weighted by molar-refractivity contribution is 0.487. The Hall–Kier alpha value is -6.12. The van der Waals surface area contributed by atoms with Crippen molar-refractivity contribution in [2.24, 2.45) is 0 Å². The number of rotatable bonds is 3. The van der Waals surface area contributed by atoms with E-state index in [0.717, 1.165) is 17.1 Å². The minimum atomic E-state index is 0.914. The highest BCUT2D eigenvalue weighted by molar-refractivity contribution is 6.14. The Bertz CT molecular complexity index is 2650. The summed E-state index contributed by atoms with van der Waals surface area (Å²) in [5, 5.41) is 7.42. The molecule has 8 aromatic carbocycles. The highest BCUT2D eigenvalue weighted by atomic mass is 16.5. The molecule has 0 fully saturated rings. The van der Waals surface area contributed by atoms with Crippen molar-refractivity contribution >= 4 is 43.4 Å². The molecule has 2 nitrogen and oxygen atoms in total. The number of benzene rings is 8. The van der Waals surface area contributed by atoms with Crippen LogP contribution < -0.4 is 4.74 Å². The van der Waals surface area contributed by atoms with Crippen LogP contribution in [0.4, 0.5) is 0 Å². The number of hydrogen-bond donors (Lipinski definition) is 0. The second-order valence-electron chi connectivity index (χ2n) is 12.1.